The highest BCUT2D eigenvalue weighted by molar-refractivity contribution is 9.10. The first-order valence-corrected chi connectivity index (χ1v) is 7.24. The van der Waals surface area contributed by atoms with E-state index in [1.807, 2.05) is 0 Å². The van der Waals surface area contributed by atoms with Gasteiger partial charge < -0.3 is 0 Å². The van der Waals surface area contributed by atoms with Crippen molar-refractivity contribution in [1.29, 1.82) is 0 Å². The minimum absolute atomic E-state index is 0.0986. The zero-order valence-electron chi connectivity index (χ0n) is 10.1. The highest BCUT2D eigenvalue weighted by atomic mass is 79.9. The number of halogens is 2. The SMILES string of the molecule is CCCCCCCCn1cnc(Cl)c(Br)c1=O. The van der Waals surface area contributed by atoms with E-state index in [0.29, 0.717) is 11.0 Å². The van der Waals surface area contributed by atoms with Crippen LogP contribution in [-0.4, -0.2) is 9.55 Å². The minimum atomic E-state index is -0.0986. The molecule has 0 aliphatic carbocycles. The molecule has 0 amide bonds. The van der Waals surface area contributed by atoms with E-state index in [1.165, 1.54) is 32.0 Å². The number of hydrogen-bond donors (Lipinski definition) is 0. The predicted molar refractivity (Wildman–Crippen MR) is 74.6 cm³/mol. The maximum atomic E-state index is 11.7. The molecule has 0 bridgehead atoms. The van der Waals surface area contributed by atoms with Crippen LogP contribution in [0.2, 0.25) is 5.15 Å². The highest BCUT2D eigenvalue weighted by Crippen LogP contribution is 2.14. The summed E-state index contributed by atoms with van der Waals surface area (Å²) in [6, 6.07) is 0. The summed E-state index contributed by atoms with van der Waals surface area (Å²) in [7, 11) is 0. The van der Waals surface area contributed by atoms with Crippen LogP contribution in [0.1, 0.15) is 45.4 Å². The Bertz CT molecular complexity index is 406. The fourth-order valence-electron chi connectivity index (χ4n) is 1.67. The van der Waals surface area contributed by atoms with Crippen molar-refractivity contribution in [2.75, 3.05) is 0 Å². The molecule has 1 aromatic rings. The zero-order valence-corrected chi connectivity index (χ0v) is 12.4. The van der Waals surface area contributed by atoms with Crippen molar-refractivity contribution in [3.05, 3.63) is 26.3 Å². The summed E-state index contributed by atoms with van der Waals surface area (Å²) in [6.45, 7) is 2.92. The summed E-state index contributed by atoms with van der Waals surface area (Å²) in [4.78, 5) is 15.7. The minimum Gasteiger partial charge on any atom is -0.298 e. The molecule has 1 rings (SSSR count). The maximum absolute atomic E-state index is 11.7. The molecule has 5 heteroatoms. The quantitative estimate of drug-likeness (QED) is 0.561. The van der Waals surface area contributed by atoms with Gasteiger partial charge in [0.2, 0.25) is 0 Å². The van der Waals surface area contributed by atoms with E-state index in [0.717, 1.165) is 12.8 Å². The molecule has 1 aromatic heterocycles. The van der Waals surface area contributed by atoms with Gasteiger partial charge in [0.15, 0.2) is 5.15 Å². The molecule has 3 nitrogen and oxygen atoms in total. The molecule has 1 heterocycles. The summed E-state index contributed by atoms with van der Waals surface area (Å²) in [5.74, 6) is 0. The Morgan fingerprint density at radius 1 is 1.29 bits per heavy atom. The first kappa shape index (κ1) is 14.7. The second-order valence-corrected chi connectivity index (χ2v) is 5.27. The van der Waals surface area contributed by atoms with E-state index in [9.17, 15) is 4.79 Å². The molecule has 0 atom stereocenters. The average Bonchev–Trinajstić information content (AvgIpc) is 2.33. The number of rotatable bonds is 7. The lowest BCUT2D eigenvalue weighted by atomic mass is 10.1. The molecule has 17 heavy (non-hydrogen) atoms. The Balaban J connectivity index is 2.37. The van der Waals surface area contributed by atoms with Crippen molar-refractivity contribution in [3.63, 3.8) is 0 Å². The van der Waals surface area contributed by atoms with Gasteiger partial charge in [-0.1, -0.05) is 50.6 Å². The molecule has 96 valence electrons. The molecular weight excluding hydrogens is 304 g/mol. The summed E-state index contributed by atoms with van der Waals surface area (Å²) in [6.07, 6.45) is 8.77. The lowest BCUT2D eigenvalue weighted by Crippen LogP contribution is -2.21. The molecule has 0 saturated heterocycles. The van der Waals surface area contributed by atoms with Crippen LogP contribution in [0.5, 0.6) is 0 Å². The zero-order chi connectivity index (χ0) is 12.7. The molecule has 0 spiro atoms. The fourth-order valence-corrected chi connectivity index (χ4v) is 2.12. The second kappa shape index (κ2) is 7.88. The molecule has 0 aliphatic rings. The molecule has 0 radical (unpaired) electrons. The van der Waals surface area contributed by atoms with E-state index in [1.54, 1.807) is 4.57 Å². The summed E-state index contributed by atoms with van der Waals surface area (Å²) in [5.41, 5.74) is -0.0986. The fraction of sp³-hybridized carbons (Fsp3) is 0.667. The Morgan fingerprint density at radius 2 is 1.94 bits per heavy atom. The number of nitrogens with zero attached hydrogens (tertiary/aromatic N) is 2. The number of aromatic nitrogens is 2. The number of hydrogen-bond acceptors (Lipinski definition) is 2. The van der Waals surface area contributed by atoms with Crippen molar-refractivity contribution in [3.8, 4) is 0 Å². The topological polar surface area (TPSA) is 34.9 Å². The lowest BCUT2D eigenvalue weighted by molar-refractivity contribution is 0.544. The molecular formula is C12H18BrClN2O. The van der Waals surface area contributed by atoms with Gasteiger partial charge in [-0.2, -0.15) is 0 Å². The molecule has 0 N–H and O–H groups in total. The molecule has 0 fully saturated rings. The smallest absolute Gasteiger partial charge is 0.269 e. The van der Waals surface area contributed by atoms with Crippen molar-refractivity contribution >= 4 is 27.5 Å². The molecule has 0 aliphatic heterocycles. The first-order chi connectivity index (χ1) is 8.16. The summed E-state index contributed by atoms with van der Waals surface area (Å²) in [5, 5.41) is 0.231. The standard InChI is InChI=1S/C12H18BrClN2O/c1-2-3-4-5-6-7-8-16-9-15-11(14)10(13)12(16)17/h9H,2-8H2,1H3. The van der Waals surface area contributed by atoms with Gasteiger partial charge in [0, 0.05) is 6.54 Å². The highest BCUT2D eigenvalue weighted by Gasteiger charge is 2.06. The van der Waals surface area contributed by atoms with Gasteiger partial charge in [-0.3, -0.25) is 9.36 Å². The normalized spacial score (nSPS) is 10.8. The Morgan fingerprint density at radius 3 is 2.65 bits per heavy atom. The first-order valence-electron chi connectivity index (χ1n) is 6.07. The van der Waals surface area contributed by atoms with Gasteiger partial charge in [0.05, 0.1) is 6.33 Å². The lowest BCUT2D eigenvalue weighted by Gasteiger charge is -2.06. The van der Waals surface area contributed by atoms with Gasteiger partial charge in [-0.15, -0.1) is 0 Å². The Kier molecular flexibility index (Phi) is 6.82. The van der Waals surface area contributed by atoms with Crippen LogP contribution in [0.4, 0.5) is 0 Å². The Labute approximate surface area is 115 Å². The third-order valence-corrected chi connectivity index (χ3v) is 3.92. The van der Waals surface area contributed by atoms with E-state index in [-0.39, 0.29) is 10.7 Å². The third-order valence-electron chi connectivity index (χ3n) is 2.69. The third kappa shape index (κ3) is 4.80. The average molecular weight is 322 g/mol. The predicted octanol–water partition coefficient (Wildman–Crippen LogP) is 4.02. The van der Waals surface area contributed by atoms with Crippen LogP contribution >= 0.6 is 27.5 Å². The van der Waals surface area contributed by atoms with Crippen LogP contribution in [0.3, 0.4) is 0 Å². The van der Waals surface area contributed by atoms with Crippen molar-refractivity contribution in [2.24, 2.45) is 0 Å². The summed E-state index contributed by atoms with van der Waals surface area (Å²) < 4.78 is 1.96. The van der Waals surface area contributed by atoms with E-state index >= 15 is 0 Å². The van der Waals surface area contributed by atoms with Crippen molar-refractivity contribution in [2.45, 2.75) is 52.0 Å². The monoisotopic (exact) mass is 320 g/mol. The largest absolute Gasteiger partial charge is 0.298 e. The van der Waals surface area contributed by atoms with Crippen LogP contribution in [0.15, 0.2) is 15.6 Å². The number of aryl methyl sites for hydroxylation is 1. The van der Waals surface area contributed by atoms with Gasteiger partial charge in [0.25, 0.3) is 5.56 Å². The summed E-state index contributed by atoms with van der Waals surface area (Å²) >= 11 is 8.88. The van der Waals surface area contributed by atoms with E-state index in [4.69, 9.17) is 11.6 Å². The second-order valence-electron chi connectivity index (χ2n) is 4.12. The van der Waals surface area contributed by atoms with Gasteiger partial charge in [0.1, 0.15) is 4.47 Å². The molecule has 0 unspecified atom stereocenters. The molecule has 0 saturated carbocycles. The van der Waals surface area contributed by atoms with Crippen molar-refractivity contribution in [1.82, 2.24) is 9.55 Å². The number of unbranched alkanes of at least 4 members (excludes halogenated alkanes) is 5. The van der Waals surface area contributed by atoms with E-state index < -0.39 is 0 Å². The molecule has 0 aromatic carbocycles. The Hall–Kier alpha value is -0.350. The van der Waals surface area contributed by atoms with Gasteiger partial charge >= 0.3 is 0 Å². The van der Waals surface area contributed by atoms with Crippen LogP contribution < -0.4 is 5.56 Å². The van der Waals surface area contributed by atoms with Crippen LogP contribution in [0, 0.1) is 0 Å². The van der Waals surface area contributed by atoms with Gasteiger partial charge in [-0.25, -0.2) is 4.98 Å². The maximum Gasteiger partial charge on any atom is 0.269 e. The van der Waals surface area contributed by atoms with Crippen LogP contribution in [0.25, 0.3) is 0 Å². The van der Waals surface area contributed by atoms with Crippen molar-refractivity contribution < 1.29 is 0 Å². The van der Waals surface area contributed by atoms with Gasteiger partial charge in [-0.05, 0) is 22.4 Å². The van der Waals surface area contributed by atoms with Crippen LogP contribution in [-0.2, 0) is 6.54 Å². The van der Waals surface area contributed by atoms with E-state index in [2.05, 4.69) is 27.8 Å².